The molecule has 0 aliphatic rings. The van der Waals surface area contributed by atoms with Gasteiger partial charge >= 0.3 is 5.97 Å². The van der Waals surface area contributed by atoms with Crippen molar-refractivity contribution in [3.05, 3.63) is 36.2 Å². The average Bonchev–Trinajstić information content (AvgIpc) is 2.34. The number of aromatic nitrogens is 1. The zero-order chi connectivity index (χ0) is 11.6. The van der Waals surface area contributed by atoms with Crippen LogP contribution in [0.5, 0.6) is 0 Å². The fourth-order valence-corrected chi connectivity index (χ4v) is 1.33. The van der Waals surface area contributed by atoms with E-state index in [1.165, 1.54) is 7.11 Å². The number of carbonyl (C=O) groups excluding carboxylic acids is 1. The molecule has 1 heterocycles. The fourth-order valence-electron chi connectivity index (χ4n) is 1.33. The Labute approximate surface area is 96.2 Å². The highest BCUT2D eigenvalue weighted by Gasteiger charge is 1.97. The number of carbonyl (C=O) groups is 1. The van der Waals surface area contributed by atoms with Gasteiger partial charge in [-0.15, -0.1) is 0 Å². The van der Waals surface area contributed by atoms with Crippen molar-refractivity contribution in [2.45, 2.75) is 25.7 Å². The van der Waals surface area contributed by atoms with Crippen LogP contribution in [0.3, 0.4) is 0 Å². The number of unbranched alkanes of at least 4 members (excludes halogenated alkanes) is 2. The van der Waals surface area contributed by atoms with E-state index in [1.54, 1.807) is 6.20 Å². The number of allylic oxidation sites excluding steroid dienone is 1. The average molecular weight is 219 g/mol. The molecule has 3 heteroatoms. The second-order valence-corrected chi connectivity index (χ2v) is 3.51. The molecule has 0 atom stereocenters. The van der Waals surface area contributed by atoms with Crippen molar-refractivity contribution in [3.8, 4) is 0 Å². The van der Waals surface area contributed by atoms with Crippen LogP contribution >= 0.6 is 0 Å². The predicted molar refractivity (Wildman–Crippen MR) is 63.8 cm³/mol. The van der Waals surface area contributed by atoms with E-state index in [0.717, 1.165) is 24.8 Å². The summed E-state index contributed by atoms with van der Waals surface area (Å²) in [6, 6.07) is 3.93. The molecule has 0 radical (unpaired) electrons. The number of esters is 1. The number of pyridine rings is 1. The first-order valence-corrected chi connectivity index (χ1v) is 5.46. The molecule has 0 saturated heterocycles. The second-order valence-electron chi connectivity index (χ2n) is 3.51. The molecule has 0 aromatic carbocycles. The lowest BCUT2D eigenvalue weighted by molar-refractivity contribution is -0.140. The van der Waals surface area contributed by atoms with Crippen molar-refractivity contribution in [1.29, 1.82) is 0 Å². The minimum atomic E-state index is -0.128. The van der Waals surface area contributed by atoms with Crippen molar-refractivity contribution in [2.75, 3.05) is 7.11 Å². The second kappa shape index (κ2) is 7.63. The van der Waals surface area contributed by atoms with Gasteiger partial charge < -0.3 is 4.74 Å². The van der Waals surface area contributed by atoms with Crippen molar-refractivity contribution in [3.63, 3.8) is 0 Å². The van der Waals surface area contributed by atoms with Crippen LogP contribution in [-0.4, -0.2) is 18.1 Å². The molecular formula is C13H17NO2. The summed E-state index contributed by atoms with van der Waals surface area (Å²) >= 11 is 0. The van der Waals surface area contributed by atoms with Gasteiger partial charge in [0.1, 0.15) is 0 Å². The van der Waals surface area contributed by atoms with E-state index in [-0.39, 0.29) is 5.97 Å². The first-order chi connectivity index (χ1) is 7.83. The highest BCUT2D eigenvalue weighted by Crippen LogP contribution is 2.05. The number of hydrogen-bond acceptors (Lipinski definition) is 3. The van der Waals surface area contributed by atoms with Crippen LogP contribution in [0.2, 0.25) is 0 Å². The topological polar surface area (TPSA) is 39.2 Å². The van der Waals surface area contributed by atoms with Gasteiger partial charge in [0.15, 0.2) is 0 Å². The molecule has 0 saturated carbocycles. The van der Waals surface area contributed by atoms with Crippen LogP contribution in [0.25, 0.3) is 6.08 Å². The van der Waals surface area contributed by atoms with E-state index in [9.17, 15) is 4.79 Å². The van der Waals surface area contributed by atoms with Gasteiger partial charge in [-0.25, -0.2) is 0 Å². The van der Waals surface area contributed by atoms with Crippen molar-refractivity contribution in [1.82, 2.24) is 4.98 Å². The minimum absolute atomic E-state index is 0.128. The maximum Gasteiger partial charge on any atom is 0.305 e. The minimum Gasteiger partial charge on any atom is -0.469 e. The quantitative estimate of drug-likeness (QED) is 0.545. The molecule has 0 N–H and O–H groups in total. The highest BCUT2D eigenvalue weighted by molar-refractivity contribution is 5.68. The third-order valence-electron chi connectivity index (χ3n) is 2.22. The molecule has 3 nitrogen and oxygen atoms in total. The number of hydrogen-bond donors (Lipinski definition) is 0. The number of methoxy groups -OCH3 is 1. The van der Waals surface area contributed by atoms with Gasteiger partial charge in [-0.3, -0.25) is 9.78 Å². The summed E-state index contributed by atoms with van der Waals surface area (Å²) in [5, 5.41) is 0. The summed E-state index contributed by atoms with van der Waals surface area (Å²) in [5.41, 5.74) is 1.11. The fraction of sp³-hybridized carbons (Fsp3) is 0.385. The Morgan fingerprint density at radius 3 is 3.06 bits per heavy atom. The number of ether oxygens (including phenoxy) is 1. The van der Waals surface area contributed by atoms with Crippen molar-refractivity contribution < 1.29 is 9.53 Å². The highest BCUT2D eigenvalue weighted by atomic mass is 16.5. The largest absolute Gasteiger partial charge is 0.469 e. The predicted octanol–water partition coefficient (Wildman–Crippen LogP) is 2.83. The lowest BCUT2D eigenvalue weighted by Gasteiger charge is -1.97. The van der Waals surface area contributed by atoms with Gasteiger partial charge in [-0.2, -0.15) is 0 Å². The Bertz CT molecular complexity index is 333. The molecule has 1 rings (SSSR count). The Balaban J connectivity index is 2.12. The molecule has 86 valence electrons. The molecule has 1 aromatic rings. The van der Waals surface area contributed by atoms with Crippen LogP contribution in [0.4, 0.5) is 0 Å². The summed E-state index contributed by atoms with van der Waals surface area (Å²) in [5.74, 6) is -0.128. The third kappa shape index (κ3) is 5.29. The standard InChI is InChI=1S/C13H17NO2/c1-16-13(15)9-5-3-2-4-7-12-8-6-10-14-11-12/h4,6-8,10-11H,2-3,5,9H2,1H3. The van der Waals surface area contributed by atoms with E-state index < -0.39 is 0 Å². The Kier molecular flexibility index (Phi) is 5.92. The van der Waals surface area contributed by atoms with Gasteiger partial charge in [0.2, 0.25) is 0 Å². The molecule has 0 unspecified atom stereocenters. The summed E-state index contributed by atoms with van der Waals surface area (Å²) in [7, 11) is 1.42. The molecule has 0 fully saturated rings. The summed E-state index contributed by atoms with van der Waals surface area (Å²) in [4.78, 5) is 14.8. The number of nitrogens with zero attached hydrogens (tertiary/aromatic N) is 1. The molecule has 1 aromatic heterocycles. The maximum atomic E-state index is 10.8. The summed E-state index contributed by atoms with van der Waals surface area (Å²) in [6.45, 7) is 0. The SMILES string of the molecule is COC(=O)CCCCC=Cc1cccnc1. The Morgan fingerprint density at radius 1 is 1.50 bits per heavy atom. The summed E-state index contributed by atoms with van der Waals surface area (Å²) < 4.78 is 4.56. The number of rotatable bonds is 6. The van der Waals surface area contributed by atoms with Gasteiger partial charge in [-0.05, 0) is 30.9 Å². The molecular weight excluding hydrogens is 202 g/mol. The van der Waals surface area contributed by atoms with Crippen LogP contribution < -0.4 is 0 Å². The van der Waals surface area contributed by atoms with E-state index in [0.29, 0.717) is 6.42 Å². The van der Waals surface area contributed by atoms with E-state index >= 15 is 0 Å². The first kappa shape index (κ1) is 12.4. The van der Waals surface area contributed by atoms with Crippen LogP contribution in [-0.2, 0) is 9.53 Å². The van der Waals surface area contributed by atoms with Gasteiger partial charge in [0, 0.05) is 18.8 Å². The Hall–Kier alpha value is -1.64. The lowest BCUT2D eigenvalue weighted by Crippen LogP contribution is -1.98. The van der Waals surface area contributed by atoms with E-state index in [4.69, 9.17) is 0 Å². The third-order valence-corrected chi connectivity index (χ3v) is 2.22. The van der Waals surface area contributed by atoms with Gasteiger partial charge in [-0.1, -0.05) is 18.2 Å². The van der Waals surface area contributed by atoms with Crippen LogP contribution in [0.15, 0.2) is 30.6 Å². The molecule has 0 bridgehead atoms. The van der Waals surface area contributed by atoms with Gasteiger partial charge in [0.25, 0.3) is 0 Å². The lowest BCUT2D eigenvalue weighted by atomic mass is 10.1. The maximum absolute atomic E-state index is 10.8. The zero-order valence-electron chi connectivity index (χ0n) is 9.56. The van der Waals surface area contributed by atoms with E-state index in [2.05, 4.69) is 15.8 Å². The van der Waals surface area contributed by atoms with Crippen LogP contribution in [0, 0.1) is 0 Å². The molecule has 0 aliphatic heterocycles. The first-order valence-electron chi connectivity index (χ1n) is 5.46. The molecule has 0 amide bonds. The van der Waals surface area contributed by atoms with Crippen molar-refractivity contribution in [2.24, 2.45) is 0 Å². The Morgan fingerprint density at radius 2 is 2.38 bits per heavy atom. The van der Waals surface area contributed by atoms with Crippen LogP contribution in [0.1, 0.15) is 31.2 Å². The molecule has 16 heavy (non-hydrogen) atoms. The molecule has 0 spiro atoms. The summed E-state index contributed by atoms with van der Waals surface area (Å²) in [6.07, 6.45) is 11.1. The smallest absolute Gasteiger partial charge is 0.305 e. The zero-order valence-corrected chi connectivity index (χ0v) is 9.56. The van der Waals surface area contributed by atoms with Crippen molar-refractivity contribution >= 4 is 12.0 Å². The normalized spacial score (nSPS) is 10.6. The van der Waals surface area contributed by atoms with Gasteiger partial charge in [0.05, 0.1) is 7.11 Å². The molecule has 0 aliphatic carbocycles. The monoisotopic (exact) mass is 219 g/mol. The van der Waals surface area contributed by atoms with E-state index in [1.807, 2.05) is 24.4 Å².